The van der Waals surface area contributed by atoms with Gasteiger partial charge in [-0.2, -0.15) is 0 Å². The number of halogens is 3. The van der Waals surface area contributed by atoms with Gasteiger partial charge in [-0.1, -0.05) is 47.5 Å². The van der Waals surface area contributed by atoms with Crippen molar-refractivity contribution in [3.63, 3.8) is 0 Å². The van der Waals surface area contributed by atoms with E-state index >= 15 is 0 Å². The molecule has 0 radical (unpaired) electrons. The van der Waals surface area contributed by atoms with E-state index in [0.717, 1.165) is 24.0 Å². The number of hydrogen-bond donors (Lipinski definition) is 1. The maximum Gasteiger partial charge on any atom is 0.242 e. The van der Waals surface area contributed by atoms with Crippen LogP contribution in [0.25, 0.3) is 0 Å². The minimum Gasteiger partial charge on any atom is -0.352 e. The number of nitrogens with one attached hydrogen (secondary N) is 1. The summed E-state index contributed by atoms with van der Waals surface area (Å²) in [4.78, 5) is 14.6. The highest BCUT2D eigenvalue weighted by atomic mass is 35.5. The summed E-state index contributed by atoms with van der Waals surface area (Å²) < 4.78 is 13.3. The summed E-state index contributed by atoms with van der Waals surface area (Å²) >= 11 is 12.4. The molecule has 1 aliphatic rings. The maximum absolute atomic E-state index is 13.3. The monoisotopic (exact) mass is 380 g/mol. The molecular formula is C19H19Cl2FN2O. The SMILES string of the molecule is CN(Cc1cccc(Cl)c1Cl)C(C(=O)NC1CC1)c1ccc(F)cc1. The number of hydrogen-bond acceptors (Lipinski definition) is 2. The molecule has 1 aliphatic carbocycles. The lowest BCUT2D eigenvalue weighted by molar-refractivity contribution is -0.126. The molecule has 3 rings (SSSR count). The van der Waals surface area contributed by atoms with Gasteiger partial charge >= 0.3 is 0 Å². The smallest absolute Gasteiger partial charge is 0.242 e. The molecule has 0 spiro atoms. The molecule has 2 aromatic carbocycles. The number of rotatable bonds is 6. The zero-order chi connectivity index (χ0) is 18.0. The van der Waals surface area contributed by atoms with E-state index in [9.17, 15) is 9.18 Å². The highest BCUT2D eigenvalue weighted by molar-refractivity contribution is 6.42. The molecule has 1 amide bonds. The minimum absolute atomic E-state index is 0.0882. The van der Waals surface area contributed by atoms with Gasteiger partial charge in [0.25, 0.3) is 0 Å². The Bertz CT molecular complexity index is 763. The van der Waals surface area contributed by atoms with Crippen molar-refractivity contribution in [1.82, 2.24) is 10.2 Å². The third-order valence-corrected chi connectivity index (χ3v) is 5.11. The summed E-state index contributed by atoms with van der Waals surface area (Å²) in [6.45, 7) is 0.444. The second-order valence-electron chi connectivity index (χ2n) is 6.37. The Morgan fingerprint density at radius 3 is 2.56 bits per heavy atom. The van der Waals surface area contributed by atoms with Crippen molar-refractivity contribution in [2.45, 2.75) is 31.5 Å². The molecule has 1 fully saturated rings. The minimum atomic E-state index is -0.531. The normalized spacial score (nSPS) is 15.2. The summed E-state index contributed by atoms with van der Waals surface area (Å²) in [5.41, 5.74) is 1.57. The van der Waals surface area contributed by atoms with Gasteiger partial charge in [-0.3, -0.25) is 9.69 Å². The molecule has 1 N–H and O–H groups in total. The van der Waals surface area contributed by atoms with Gasteiger partial charge in [-0.15, -0.1) is 0 Å². The highest BCUT2D eigenvalue weighted by Gasteiger charge is 2.31. The first-order valence-corrected chi connectivity index (χ1v) is 8.90. The van der Waals surface area contributed by atoms with E-state index < -0.39 is 6.04 Å². The standard InChI is InChI=1S/C19H19Cl2FN2O/c1-24(11-13-3-2-4-16(20)17(13)21)18(19(25)23-15-9-10-15)12-5-7-14(22)8-6-12/h2-8,15,18H,9-11H2,1H3,(H,23,25). The summed E-state index contributed by atoms with van der Waals surface area (Å²) in [6.07, 6.45) is 2.01. The second kappa shape index (κ2) is 7.73. The lowest BCUT2D eigenvalue weighted by Gasteiger charge is -2.28. The third-order valence-electron chi connectivity index (χ3n) is 4.25. The molecule has 132 valence electrons. The van der Waals surface area contributed by atoms with E-state index in [1.807, 2.05) is 24.1 Å². The lowest BCUT2D eigenvalue weighted by Crippen LogP contribution is -2.39. The largest absolute Gasteiger partial charge is 0.352 e. The Labute approximate surface area is 156 Å². The van der Waals surface area contributed by atoms with Gasteiger partial charge < -0.3 is 5.32 Å². The number of amides is 1. The van der Waals surface area contributed by atoms with Crippen molar-refractivity contribution < 1.29 is 9.18 Å². The van der Waals surface area contributed by atoms with Crippen LogP contribution in [0.3, 0.4) is 0 Å². The first kappa shape index (κ1) is 18.2. The molecule has 0 bridgehead atoms. The van der Waals surface area contributed by atoms with Crippen LogP contribution in [0.2, 0.25) is 10.0 Å². The van der Waals surface area contributed by atoms with Crippen molar-refractivity contribution in [2.75, 3.05) is 7.05 Å². The van der Waals surface area contributed by atoms with Crippen LogP contribution in [0.15, 0.2) is 42.5 Å². The predicted octanol–water partition coefficient (Wildman–Crippen LogP) is 4.58. The Kier molecular flexibility index (Phi) is 5.62. The van der Waals surface area contributed by atoms with Crippen LogP contribution >= 0.6 is 23.2 Å². The molecule has 1 saturated carbocycles. The van der Waals surface area contributed by atoms with Gasteiger partial charge in [0.05, 0.1) is 10.0 Å². The molecule has 1 atom stereocenters. The van der Waals surface area contributed by atoms with Crippen molar-refractivity contribution >= 4 is 29.1 Å². The molecule has 0 aromatic heterocycles. The van der Waals surface area contributed by atoms with E-state index in [2.05, 4.69) is 5.32 Å². The van der Waals surface area contributed by atoms with Gasteiger partial charge in [0, 0.05) is 12.6 Å². The van der Waals surface area contributed by atoms with Crippen LogP contribution < -0.4 is 5.32 Å². The predicted molar refractivity (Wildman–Crippen MR) is 98.2 cm³/mol. The highest BCUT2D eigenvalue weighted by Crippen LogP contribution is 2.30. The third kappa shape index (κ3) is 4.51. The second-order valence-corrected chi connectivity index (χ2v) is 7.15. The van der Waals surface area contributed by atoms with Gasteiger partial charge in [0.1, 0.15) is 11.9 Å². The quantitative estimate of drug-likeness (QED) is 0.794. The Morgan fingerprint density at radius 2 is 1.92 bits per heavy atom. The van der Waals surface area contributed by atoms with Crippen molar-refractivity contribution in [3.8, 4) is 0 Å². The van der Waals surface area contributed by atoms with E-state index in [-0.39, 0.29) is 17.8 Å². The number of carbonyl (C=O) groups excluding carboxylic acids is 1. The van der Waals surface area contributed by atoms with E-state index in [1.165, 1.54) is 12.1 Å². The van der Waals surface area contributed by atoms with Crippen LogP contribution in [0.1, 0.15) is 30.0 Å². The van der Waals surface area contributed by atoms with Crippen LogP contribution in [0, 0.1) is 5.82 Å². The van der Waals surface area contributed by atoms with Crippen molar-refractivity contribution in [3.05, 3.63) is 69.5 Å². The van der Waals surface area contributed by atoms with Crippen molar-refractivity contribution in [1.29, 1.82) is 0 Å². The fraction of sp³-hybridized carbons (Fsp3) is 0.316. The maximum atomic E-state index is 13.3. The molecule has 2 aromatic rings. The van der Waals surface area contributed by atoms with E-state index in [0.29, 0.717) is 16.6 Å². The van der Waals surface area contributed by atoms with Crippen LogP contribution in [-0.4, -0.2) is 23.9 Å². The zero-order valence-corrected chi connectivity index (χ0v) is 15.3. The first-order chi connectivity index (χ1) is 12.0. The zero-order valence-electron chi connectivity index (χ0n) is 13.8. The Balaban J connectivity index is 1.85. The van der Waals surface area contributed by atoms with E-state index in [4.69, 9.17) is 23.2 Å². The Morgan fingerprint density at radius 1 is 1.24 bits per heavy atom. The molecule has 25 heavy (non-hydrogen) atoms. The molecule has 6 heteroatoms. The number of carbonyl (C=O) groups is 1. The molecular weight excluding hydrogens is 362 g/mol. The van der Waals surface area contributed by atoms with Crippen LogP contribution in [-0.2, 0) is 11.3 Å². The summed E-state index contributed by atoms with van der Waals surface area (Å²) in [7, 11) is 1.84. The fourth-order valence-electron chi connectivity index (χ4n) is 2.79. The molecule has 0 heterocycles. The number of likely N-dealkylation sites (N-methyl/N-ethyl adjacent to an activating group) is 1. The number of benzene rings is 2. The van der Waals surface area contributed by atoms with E-state index in [1.54, 1.807) is 18.2 Å². The van der Waals surface area contributed by atoms with Crippen LogP contribution in [0.5, 0.6) is 0 Å². The summed E-state index contributed by atoms with van der Waals surface area (Å²) in [6, 6.07) is 11.2. The van der Waals surface area contributed by atoms with Crippen molar-refractivity contribution in [2.24, 2.45) is 0 Å². The summed E-state index contributed by atoms with van der Waals surface area (Å²) in [5, 5.41) is 3.99. The lowest BCUT2D eigenvalue weighted by atomic mass is 10.0. The van der Waals surface area contributed by atoms with Gasteiger partial charge in [0.15, 0.2) is 0 Å². The topological polar surface area (TPSA) is 32.3 Å². The average Bonchev–Trinajstić information content (AvgIpc) is 3.38. The molecule has 0 aliphatic heterocycles. The van der Waals surface area contributed by atoms with Crippen LogP contribution in [0.4, 0.5) is 4.39 Å². The molecule has 1 unspecified atom stereocenters. The fourth-order valence-corrected chi connectivity index (χ4v) is 3.17. The Hall–Kier alpha value is -1.62. The first-order valence-electron chi connectivity index (χ1n) is 8.14. The van der Waals surface area contributed by atoms with Gasteiger partial charge in [0.2, 0.25) is 5.91 Å². The average molecular weight is 381 g/mol. The molecule has 3 nitrogen and oxygen atoms in total. The molecule has 0 saturated heterocycles. The summed E-state index contributed by atoms with van der Waals surface area (Å²) in [5.74, 6) is -0.416. The van der Waals surface area contributed by atoms with Gasteiger partial charge in [-0.05, 0) is 49.2 Å². The van der Waals surface area contributed by atoms with Gasteiger partial charge in [-0.25, -0.2) is 4.39 Å². The number of nitrogens with zero attached hydrogens (tertiary/aromatic N) is 1.